The fourth-order valence-corrected chi connectivity index (χ4v) is 7.36. The number of halogens is 7. The maximum Gasteiger partial charge on any atom is 0.573 e. The predicted octanol–water partition coefficient (Wildman–Crippen LogP) is 11.0. The number of nitrogens with one attached hydrogen (secondary N) is 2. The van der Waals surface area contributed by atoms with E-state index < -0.39 is 18.1 Å². The Balaban J connectivity index is 0.000000215. The number of pyridine rings is 1. The van der Waals surface area contributed by atoms with E-state index in [1.54, 1.807) is 34.9 Å². The minimum Gasteiger partial charge on any atom is -0.406 e. The van der Waals surface area contributed by atoms with Crippen LogP contribution in [0.25, 0.3) is 16.6 Å². The number of carbonyl (C=O) groups excluding carboxylic acids is 1. The van der Waals surface area contributed by atoms with Gasteiger partial charge in [-0.25, -0.2) is 15.0 Å². The summed E-state index contributed by atoms with van der Waals surface area (Å²) in [6.45, 7) is 4.42. The van der Waals surface area contributed by atoms with Crippen molar-refractivity contribution in [3.05, 3.63) is 160 Å². The number of aromatic nitrogens is 4. The minimum absolute atomic E-state index is 0.200. The summed E-state index contributed by atoms with van der Waals surface area (Å²) in [6, 6.07) is 30.5. The largest absolute Gasteiger partial charge is 0.573 e. The van der Waals surface area contributed by atoms with E-state index in [1.165, 1.54) is 30.6 Å². The molecule has 1 saturated heterocycles. The lowest BCUT2D eigenvalue weighted by atomic mass is 9.89. The Morgan fingerprint density at radius 3 is 2.16 bits per heavy atom. The number of amides is 1. The van der Waals surface area contributed by atoms with E-state index in [0.29, 0.717) is 41.7 Å². The molecule has 0 unspecified atom stereocenters. The number of aryl methyl sites for hydroxylation is 1. The first-order chi connectivity index (χ1) is 29.2. The molecule has 61 heavy (non-hydrogen) atoms. The molecule has 2 N–H and O–H groups in total. The number of carbonyl (C=O) groups is 1. The fourth-order valence-electron chi connectivity index (χ4n) is 7.20. The summed E-state index contributed by atoms with van der Waals surface area (Å²) in [6.07, 6.45) is -3.40. The molecule has 9 nitrogen and oxygen atoms in total. The second-order valence-corrected chi connectivity index (χ2v) is 14.8. The van der Waals surface area contributed by atoms with Crippen LogP contribution < -0.4 is 20.3 Å². The van der Waals surface area contributed by atoms with Gasteiger partial charge in [0, 0.05) is 43.4 Å². The third-order valence-electron chi connectivity index (χ3n) is 10.3. The summed E-state index contributed by atoms with van der Waals surface area (Å²) in [4.78, 5) is 28.2. The molecule has 0 radical (unpaired) electrons. The van der Waals surface area contributed by atoms with Crippen molar-refractivity contribution < 1.29 is 35.9 Å². The SMILES string of the molecule is CCc1nc2ccc(Cl)cn2c1C(=O)NCc1ccc(N2CCC(c3ccc(OC(F)(F)F)cc3)CC2)cc1.FC(F)(F)c1ccc(CNc2ncnc3ccccc23)cc1. The van der Waals surface area contributed by atoms with E-state index in [1.807, 2.05) is 43.3 Å². The van der Waals surface area contributed by atoms with Crippen LogP contribution in [0.1, 0.15) is 64.1 Å². The Hall–Kier alpha value is -6.35. The topological polar surface area (TPSA) is 96.7 Å². The summed E-state index contributed by atoms with van der Waals surface area (Å²) >= 11 is 6.14. The molecule has 8 rings (SSSR count). The average molecular weight is 860 g/mol. The van der Waals surface area contributed by atoms with Gasteiger partial charge >= 0.3 is 12.5 Å². The van der Waals surface area contributed by atoms with Gasteiger partial charge in [-0.05, 0) is 103 Å². The van der Waals surface area contributed by atoms with Gasteiger partial charge < -0.3 is 20.3 Å². The van der Waals surface area contributed by atoms with Gasteiger partial charge in [0.1, 0.15) is 29.2 Å². The van der Waals surface area contributed by atoms with Crippen molar-refractivity contribution in [2.45, 2.75) is 57.7 Å². The van der Waals surface area contributed by atoms with Gasteiger partial charge in [0.2, 0.25) is 0 Å². The predicted molar refractivity (Wildman–Crippen MR) is 223 cm³/mol. The molecule has 1 amide bonds. The highest BCUT2D eigenvalue weighted by Crippen LogP contribution is 2.33. The molecule has 3 aromatic heterocycles. The molecular weight excluding hydrogens is 820 g/mol. The molecule has 4 aromatic carbocycles. The second-order valence-electron chi connectivity index (χ2n) is 14.4. The van der Waals surface area contributed by atoms with Crippen LogP contribution in [0.2, 0.25) is 5.02 Å². The number of alkyl halides is 6. The van der Waals surface area contributed by atoms with Crippen molar-refractivity contribution in [1.82, 2.24) is 24.7 Å². The molecule has 1 aliphatic rings. The third-order valence-corrected chi connectivity index (χ3v) is 10.5. The first-order valence-corrected chi connectivity index (χ1v) is 19.9. The number of hydrogen-bond donors (Lipinski definition) is 2. The van der Waals surface area contributed by atoms with Crippen molar-refractivity contribution >= 4 is 45.6 Å². The molecule has 7 aromatic rings. The lowest BCUT2D eigenvalue weighted by Gasteiger charge is -2.34. The number of hydrogen-bond acceptors (Lipinski definition) is 7. The Morgan fingerprint density at radius 1 is 0.820 bits per heavy atom. The molecule has 0 bridgehead atoms. The third kappa shape index (κ3) is 10.9. The standard InChI is InChI=1S/C29H28ClF3N4O2.C16H12F3N3/c1-2-25-27(37-18-22(30)7-12-26(37)35-25)28(38)34-17-19-3-8-23(9-4-19)36-15-13-21(14-16-36)20-5-10-24(11-6-20)39-29(31,32)33;17-16(18,19)12-7-5-11(6-8-12)9-20-15-13-3-1-2-4-14(13)21-10-22-15/h3-12,18,21H,2,13-17H2,1H3,(H,34,38);1-8,10H,9H2,(H,20,21,22). The molecule has 316 valence electrons. The number of para-hydroxylation sites is 1. The number of anilines is 2. The van der Waals surface area contributed by atoms with Gasteiger partial charge in [-0.2, -0.15) is 13.2 Å². The van der Waals surface area contributed by atoms with Crippen LogP contribution in [-0.2, 0) is 25.7 Å². The van der Waals surface area contributed by atoms with Gasteiger partial charge in [-0.3, -0.25) is 9.20 Å². The first-order valence-electron chi connectivity index (χ1n) is 19.5. The zero-order valence-electron chi connectivity index (χ0n) is 32.8. The second kappa shape index (κ2) is 18.5. The summed E-state index contributed by atoms with van der Waals surface area (Å²) in [5.74, 6) is 0.545. The van der Waals surface area contributed by atoms with Crippen LogP contribution in [0.3, 0.4) is 0 Å². The Bertz CT molecular complexity index is 2570. The van der Waals surface area contributed by atoms with Gasteiger partial charge in [0.15, 0.2) is 0 Å². The lowest BCUT2D eigenvalue weighted by molar-refractivity contribution is -0.274. The molecular formula is C45H40ClF6N7O2. The molecule has 4 heterocycles. The summed E-state index contributed by atoms with van der Waals surface area (Å²) in [5, 5.41) is 7.53. The van der Waals surface area contributed by atoms with E-state index in [2.05, 4.69) is 47.4 Å². The van der Waals surface area contributed by atoms with Crippen molar-refractivity contribution in [2.75, 3.05) is 23.3 Å². The van der Waals surface area contributed by atoms with Gasteiger partial charge in [-0.15, -0.1) is 13.2 Å². The molecule has 0 saturated carbocycles. The zero-order valence-corrected chi connectivity index (χ0v) is 33.5. The number of ether oxygens (including phenoxy) is 1. The number of rotatable bonds is 10. The van der Waals surface area contributed by atoms with Crippen molar-refractivity contribution in [3.63, 3.8) is 0 Å². The minimum atomic E-state index is -4.68. The van der Waals surface area contributed by atoms with Gasteiger partial charge in [-0.1, -0.05) is 67.1 Å². The van der Waals surface area contributed by atoms with Gasteiger partial charge in [0.25, 0.3) is 5.91 Å². The van der Waals surface area contributed by atoms with E-state index in [9.17, 15) is 31.1 Å². The quantitative estimate of drug-likeness (QED) is 0.132. The lowest BCUT2D eigenvalue weighted by Crippen LogP contribution is -2.32. The summed E-state index contributed by atoms with van der Waals surface area (Å²) < 4.78 is 80.4. The van der Waals surface area contributed by atoms with Crippen LogP contribution in [0.15, 0.2) is 122 Å². The maximum absolute atomic E-state index is 13.0. The Morgan fingerprint density at radius 2 is 1.49 bits per heavy atom. The molecule has 16 heteroatoms. The maximum atomic E-state index is 13.0. The summed E-state index contributed by atoms with van der Waals surface area (Å²) in [5.41, 5.74) is 5.91. The molecule has 0 aliphatic carbocycles. The van der Waals surface area contributed by atoms with E-state index >= 15 is 0 Å². The highest BCUT2D eigenvalue weighted by Gasteiger charge is 2.31. The van der Waals surface area contributed by atoms with Crippen LogP contribution in [0.5, 0.6) is 5.75 Å². The van der Waals surface area contributed by atoms with Crippen LogP contribution in [-0.4, -0.2) is 44.7 Å². The van der Waals surface area contributed by atoms with Crippen molar-refractivity contribution in [2.24, 2.45) is 0 Å². The van der Waals surface area contributed by atoms with Crippen LogP contribution in [0, 0.1) is 0 Å². The number of benzene rings is 4. The van der Waals surface area contributed by atoms with Crippen LogP contribution >= 0.6 is 11.6 Å². The number of piperidine rings is 1. The van der Waals surface area contributed by atoms with E-state index in [0.717, 1.165) is 77.0 Å². The van der Waals surface area contributed by atoms with E-state index in [-0.39, 0.29) is 17.6 Å². The van der Waals surface area contributed by atoms with Crippen molar-refractivity contribution in [1.29, 1.82) is 0 Å². The first kappa shape index (κ1) is 42.8. The number of nitrogens with zero attached hydrogens (tertiary/aromatic N) is 5. The molecule has 0 spiro atoms. The molecule has 1 fully saturated rings. The monoisotopic (exact) mass is 859 g/mol. The summed E-state index contributed by atoms with van der Waals surface area (Å²) in [7, 11) is 0. The smallest absolute Gasteiger partial charge is 0.406 e. The highest BCUT2D eigenvalue weighted by atomic mass is 35.5. The van der Waals surface area contributed by atoms with Gasteiger partial charge in [0.05, 0.1) is 21.8 Å². The van der Waals surface area contributed by atoms with Crippen LogP contribution in [0.4, 0.5) is 37.8 Å². The molecule has 0 atom stereocenters. The fraction of sp³-hybridized carbons (Fsp3) is 0.244. The normalized spacial score (nSPS) is 13.5. The highest BCUT2D eigenvalue weighted by molar-refractivity contribution is 6.30. The van der Waals surface area contributed by atoms with Crippen molar-refractivity contribution in [3.8, 4) is 5.75 Å². The number of imidazole rings is 1. The molecule has 1 aliphatic heterocycles. The zero-order chi connectivity index (χ0) is 43.1. The van der Waals surface area contributed by atoms with E-state index in [4.69, 9.17) is 11.6 Å². The number of fused-ring (bicyclic) bond motifs is 2. The Kier molecular flexibility index (Phi) is 13.0. The Labute approximate surface area is 352 Å². The average Bonchev–Trinajstić information content (AvgIpc) is 3.63.